The maximum Gasteiger partial charge on any atom is 0.291 e. The topological polar surface area (TPSA) is 63.4 Å². The summed E-state index contributed by atoms with van der Waals surface area (Å²) < 4.78 is 6.81. The predicted molar refractivity (Wildman–Crippen MR) is 113 cm³/mol. The number of fused-ring (bicyclic) bond motifs is 2. The molecule has 0 spiro atoms. The van der Waals surface area contributed by atoms with E-state index in [-0.39, 0.29) is 17.1 Å². The van der Waals surface area contributed by atoms with E-state index in [2.05, 4.69) is 20.9 Å². The van der Waals surface area contributed by atoms with Crippen LogP contribution in [-0.2, 0) is 6.54 Å². The van der Waals surface area contributed by atoms with Crippen LogP contribution in [0.5, 0.6) is 0 Å². The zero-order valence-corrected chi connectivity index (χ0v) is 16.8. The molecule has 2 aromatic heterocycles. The van der Waals surface area contributed by atoms with E-state index in [1.54, 1.807) is 41.6 Å². The molecule has 3 heterocycles. The van der Waals surface area contributed by atoms with Crippen LogP contribution in [0.15, 0.2) is 86.7 Å². The van der Waals surface area contributed by atoms with Crippen LogP contribution in [0.1, 0.15) is 33.3 Å². The summed E-state index contributed by atoms with van der Waals surface area (Å²) in [6.45, 7) is 0.346. The SMILES string of the molecule is O=C1c2oc3ccccc3c(=O)c2C(c2cccc(Br)c2)N1Cc1ccncc1. The zero-order valence-electron chi connectivity index (χ0n) is 15.2. The summed E-state index contributed by atoms with van der Waals surface area (Å²) in [6.07, 6.45) is 3.38. The van der Waals surface area contributed by atoms with E-state index >= 15 is 0 Å². The average molecular weight is 447 g/mol. The van der Waals surface area contributed by atoms with Gasteiger partial charge in [0.2, 0.25) is 5.76 Å². The van der Waals surface area contributed by atoms with Gasteiger partial charge in [0.15, 0.2) is 5.43 Å². The Bertz CT molecular complexity index is 1300. The van der Waals surface area contributed by atoms with E-state index in [0.717, 1.165) is 15.6 Å². The number of carbonyl (C=O) groups excluding carboxylic acids is 1. The first-order valence-electron chi connectivity index (χ1n) is 9.14. The number of amides is 1. The summed E-state index contributed by atoms with van der Waals surface area (Å²) in [5, 5.41) is 0.477. The molecular weight excluding hydrogens is 432 g/mol. The fraction of sp³-hybridized carbons (Fsp3) is 0.0870. The van der Waals surface area contributed by atoms with E-state index in [9.17, 15) is 9.59 Å². The second-order valence-electron chi connectivity index (χ2n) is 6.92. The number of pyridine rings is 1. The Morgan fingerprint density at radius 3 is 2.59 bits per heavy atom. The van der Waals surface area contributed by atoms with Gasteiger partial charge in [0.05, 0.1) is 17.0 Å². The van der Waals surface area contributed by atoms with Gasteiger partial charge in [-0.15, -0.1) is 0 Å². The van der Waals surface area contributed by atoms with Gasteiger partial charge >= 0.3 is 0 Å². The van der Waals surface area contributed by atoms with Crippen LogP contribution in [-0.4, -0.2) is 15.8 Å². The van der Waals surface area contributed by atoms with Crippen molar-refractivity contribution in [2.45, 2.75) is 12.6 Å². The van der Waals surface area contributed by atoms with Crippen LogP contribution in [0.2, 0.25) is 0 Å². The van der Waals surface area contributed by atoms with Gasteiger partial charge in [-0.1, -0.05) is 40.2 Å². The minimum atomic E-state index is -0.524. The molecule has 1 atom stereocenters. The Morgan fingerprint density at radius 2 is 1.79 bits per heavy atom. The Kier molecular flexibility index (Phi) is 4.28. The fourth-order valence-electron chi connectivity index (χ4n) is 3.84. The van der Waals surface area contributed by atoms with Gasteiger partial charge in [0.1, 0.15) is 5.58 Å². The zero-order chi connectivity index (χ0) is 20.0. The number of hydrogen-bond acceptors (Lipinski definition) is 4. The summed E-state index contributed by atoms with van der Waals surface area (Å²) in [5.74, 6) is -0.169. The highest BCUT2D eigenvalue weighted by atomic mass is 79.9. The third-order valence-corrected chi connectivity index (χ3v) is 5.63. The highest BCUT2D eigenvalue weighted by Gasteiger charge is 2.42. The molecule has 5 nitrogen and oxygen atoms in total. The molecule has 0 bridgehead atoms. The molecule has 0 saturated carbocycles. The average Bonchev–Trinajstić information content (AvgIpc) is 3.01. The number of carbonyl (C=O) groups is 1. The Morgan fingerprint density at radius 1 is 1.00 bits per heavy atom. The summed E-state index contributed by atoms with van der Waals surface area (Å²) >= 11 is 3.50. The maximum atomic E-state index is 13.4. The number of hydrogen-bond donors (Lipinski definition) is 0. The standard InChI is InChI=1S/C23H15BrN2O3/c24-16-5-3-4-15(12-16)20-19-21(27)17-6-1-2-7-18(17)29-22(19)23(28)26(20)13-14-8-10-25-11-9-14/h1-12,20H,13H2. The number of para-hydroxylation sites is 1. The molecule has 0 saturated heterocycles. The summed E-state index contributed by atoms with van der Waals surface area (Å²) in [7, 11) is 0. The molecule has 29 heavy (non-hydrogen) atoms. The van der Waals surface area contributed by atoms with Crippen molar-refractivity contribution >= 4 is 32.8 Å². The molecule has 0 fully saturated rings. The first-order valence-corrected chi connectivity index (χ1v) is 9.94. The second-order valence-corrected chi connectivity index (χ2v) is 7.83. The van der Waals surface area contributed by atoms with Gasteiger partial charge in [0.25, 0.3) is 5.91 Å². The molecule has 6 heteroatoms. The van der Waals surface area contributed by atoms with Crippen LogP contribution < -0.4 is 5.43 Å². The molecule has 1 unspecified atom stereocenters. The van der Waals surface area contributed by atoms with Crippen molar-refractivity contribution in [2.75, 3.05) is 0 Å². The fourth-order valence-corrected chi connectivity index (χ4v) is 4.26. The van der Waals surface area contributed by atoms with Crippen molar-refractivity contribution in [2.24, 2.45) is 0 Å². The molecular formula is C23H15BrN2O3. The number of rotatable bonds is 3. The lowest BCUT2D eigenvalue weighted by atomic mass is 9.98. The van der Waals surface area contributed by atoms with Crippen LogP contribution in [0.3, 0.4) is 0 Å². The van der Waals surface area contributed by atoms with Crippen molar-refractivity contribution in [3.8, 4) is 0 Å². The molecule has 1 aliphatic rings. The molecule has 1 aliphatic heterocycles. The monoisotopic (exact) mass is 446 g/mol. The van der Waals surface area contributed by atoms with Crippen molar-refractivity contribution in [3.63, 3.8) is 0 Å². The van der Waals surface area contributed by atoms with Crippen LogP contribution in [0, 0.1) is 0 Å². The first-order chi connectivity index (χ1) is 14.1. The van der Waals surface area contributed by atoms with Gasteiger partial charge in [-0.2, -0.15) is 0 Å². The normalized spacial score (nSPS) is 15.7. The van der Waals surface area contributed by atoms with Gasteiger partial charge < -0.3 is 9.32 Å². The molecule has 1 amide bonds. The van der Waals surface area contributed by atoms with Crippen molar-refractivity contribution in [1.29, 1.82) is 0 Å². The summed E-state index contributed by atoms with van der Waals surface area (Å²) in [4.78, 5) is 32.4. The molecule has 0 N–H and O–H groups in total. The lowest BCUT2D eigenvalue weighted by molar-refractivity contribution is 0.0714. The van der Waals surface area contributed by atoms with E-state index in [0.29, 0.717) is 23.1 Å². The predicted octanol–water partition coefficient (Wildman–Crippen LogP) is 4.70. The molecule has 142 valence electrons. The van der Waals surface area contributed by atoms with Crippen molar-refractivity contribution in [1.82, 2.24) is 9.88 Å². The maximum absolute atomic E-state index is 13.4. The second kappa shape index (κ2) is 6.97. The third kappa shape index (κ3) is 2.96. The Hall–Kier alpha value is -3.25. The highest BCUT2D eigenvalue weighted by molar-refractivity contribution is 9.10. The lowest BCUT2D eigenvalue weighted by Gasteiger charge is -2.25. The van der Waals surface area contributed by atoms with Crippen LogP contribution in [0.4, 0.5) is 0 Å². The van der Waals surface area contributed by atoms with Crippen LogP contribution >= 0.6 is 15.9 Å². The van der Waals surface area contributed by atoms with Gasteiger partial charge in [0, 0.05) is 23.4 Å². The van der Waals surface area contributed by atoms with Crippen molar-refractivity contribution in [3.05, 3.63) is 110 Å². The smallest absolute Gasteiger partial charge is 0.291 e. The quantitative estimate of drug-likeness (QED) is 0.457. The van der Waals surface area contributed by atoms with Crippen LogP contribution in [0.25, 0.3) is 11.0 Å². The summed E-state index contributed by atoms with van der Waals surface area (Å²) in [5.41, 5.74) is 2.42. The molecule has 2 aromatic carbocycles. The van der Waals surface area contributed by atoms with E-state index in [1.807, 2.05) is 36.4 Å². The molecule has 5 rings (SSSR count). The minimum Gasteiger partial charge on any atom is -0.450 e. The van der Waals surface area contributed by atoms with Gasteiger partial charge in [-0.25, -0.2) is 0 Å². The Balaban J connectivity index is 1.74. The minimum absolute atomic E-state index is 0.118. The van der Waals surface area contributed by atoms with E-state index in [1.165, 1.54) is 0 Å². The van der Waals surface area contributed by atoms with E-state index < -0.39 is 6.04 Å². The number of aromatic nitrogens is 1. The lowest BCUT2D eigenvalue weighted by Crippen LogP contribution is -2.29. The molecule has 4 aromatic rings. The van der Waals surface area contributed by atoms with Gasteiger partial charge in [-0.3, -0.25) is 14.6 Å². The Labute approximate surface area is 174 Å². The van der Waals surface area contributed by atoms with Gasteiger partial charge in [-0.05, 0) is 47.5 Å². The molecule has 0 radical (unpaired) electrons. The van der Waals surface area contributed by atoms with Crippen molar-refractivity contribution < 1.29 is 9.21 Å². The number of benzene rings is 2. The third-order valence-electron chi connectivity index (χ3n) is 5.14. The molecule has 0 aliphatic carbocycles. The first kappa shape index (κ1) is 17.8. The number of halogens is 1. The largest absolute Gasteiger partial charge is 0.450 e. The highest BCUT2D eigenvalue weighted by Crippen LogP contribution is 2.39. The summed E-state index contributed by atoms with van der Waals surface area (Å²) in [6, 6.07) is 17.9. The van der Waals surface area contributed by atoms with E-state index in [4.69, 9.17) is 4.42 Å². The number of nitrogens with zero attached hydrogens (tertiary/aromatic N) is 2.